The highest BCUT2D eigenvalue weighted by Crippen LogP contribution is 2.27. The lowest BCUT2D eigenvalue weighted by molar-refractivity contribution is -0.121. The summed E-state index contributed by atoms with van der Waals surface area (Å²) in [4.78, 5) is 23.3. The number of Topliss-reactive ketones (excluding diaryl/α,β-unsaturated/α-hetero) is 1. The summed E-state index contributed by atoms with van der Waals surface area (Å²) in [6.07, 6.45) is 7.58. The minimum Gasteiger partial charge on any atom is -0.477 e. The first-order valence-electron chi connectivity index (χ1n) is 7.92. The molecule has 2 rings (SSSR count). The van der Waals surface area contributed by atoms with E-state index >= 15 is 0 Å². The Bertz CT molecular complexity index is 709. The maximum atomic E-state index is 11.7. The number of fused-ring (bicyclic) bond motifs is 1. The topological polar surface area (TPSA) is 67.9 Å². The third-order valence-corrected chi connectivity index (χ3v) is 3.37. The third-order valence-electron chi connectivity index (χ3n) is 3.37. The second kappa shape index (κ2) is 6.94. The van der Waals surface area contributed by atoms with Crippen molar-refractivity contribution in [3.05, 3.63) is 24.2 Å². The lowest BCUT2D eigenvalue weighted by Crippen LogP contribution is -2.17. The van der Waals surface area contributed by atoms with Crippen molar-refractivity contribution in [1.29, 1.82) is 0 Å². The Balaban J connectivity index is 2.24. The second-order valence-electron chi connectivity index (χ2n) is 7.22. The van der Waals surface area contributed by atoms with Gasteiger partial charge in [0.15, 0.2) is 0 Å². The molecule has 2 aromatic rings. The summed E-state index contributed by atoms with van der Waals surface area (Å²) in [6, 6.07) is 0. The Labute approximate surface area is 137 Å². The molecule has 0 aromatic carbocycles. The number of H-pyrrole nitrogens is 1. The van der Waals surface area contributed by atoms with Gasteiger partial charge in [-0.15, -0.1) is 0 Å². The number of ether oxygens (including phenoxy) is 1. The summed E-state index contributed by atoms with van der Waals surface area (Å²) in [5.74, 6) is 0.846. The number of aromatic nitrogens is 3. The predicted molar refractivity (Wildman–Crippen MR) is 92.3 cm³/mol. The molecule has 0 aliphatic heterocycles. The van der Waals surface area contributed by atoms with Crippen LogP contribution in [0.25, 0.3) is 17.1 Å². The zero-order valence-electron chi connectivity index (χ0n) is 14.5. The minimum absolute atomic E-state index is 0.0489. The molecule has 0 aliphatic carbocycles. The highest BCUT2D eigenvalue weighted by Gasteiger charge is 2.15. The molecule has 2 heterocycles. The number of rotatable bonds is 6. The molecule has 5 heteroatoms. The van der Waals surface area contributed by atoms with Crippen molar-refractivity contribution in [1.82, 2.24) is 15.0 Å². The normalized spacial score (nSPS) is 12.4. The zero-order valence-corrected chi connectivity index (χ0v) is 14.5. The Morgan fingerprint density at radius 1 is 1.35 bits per heavy atom. The van der Waals surface area contributed by atoms with Crippen LogP contribution in [-0.2, 0) is 4.79 Å². The van der Waals surface area contributed by atoms with Gasteiger partial charge >= 0.3 is 0 Å². The van der Waals surface area contributed by atoms with Gasteiger partial charge in [-0.1, -0.05) is 46.8 Å². The monoisotopic (exact) mass is 315 g/mol. The Morgan fingerprint density at radius 3 is 2.74 bits per heavy atom. The van der Waals surface area contributed by atoms with Crippen molar-refractivity contribution in [2.75, 3.05) is 6.61 Å². The van der Waals surface area contributed by atoms with Crippen LogP contribution in [0, 0.1) is 11.3 Å². The summed E-state index contributed by atoms with van der Waals surface area (Å²) in [5, 5.41) is 0.852. The van der Waals surface area contributed by atoms with Crippen molar-refractivity contribution in [3.63, 3.8) is 0 Å². The molecule has 0 atom stereocenters. The van der Waals surface area contributed by atoms with Gasteiger partial charge in [0.25, 0.3) is 0 Å². The van der Waals surface area contributed by atoms with Crippen LogP contribution in [0.4, 0.5) is 0 Å². The van der Waals surface area contributed by atoms with Gasteiger partial charge in [0, 0.05) is 24.1 Å². The third kappa shape index (κ3) is 4.65. The van der Waals surface area contributed by atoms with Gasteiger partial charge in [0.1, 0.15) is 17.8 Å². The molecule has 0 saturated heterocycles. The average Bonchev–Trinajstić information content (AvgIpc) is 2.88. The Morgan fingerprint density at radius 2 is 2.09 bits per heavy atom. The lowest BCUT2D eigenvalue weighted by atomic mass is 9.99. The molecule has 1 N–H and O–H groups in total. The van der Waals surface area contributed by atoms with E-state index in [1.807, 2.05) is 32.2 Å². The second-order valence-corrected chi connectivity index (χ2v) is 7.22. The van der Waals surface area contributed by atoms with Crippen LogP contribution < -0.4 is 4.74 Å². The van der Waals surface area contributed by atoms with Gasteiger partial charge < -0.3 is 9.72 Å². The zero-order chi connectivity index (χ0) is 17.0. The number of nitrogens with zero attached hydrogens (tertiary/aromatic N) is 2. The Kier molecular flexibility index (Phi) is 5.19. The summed E-state index contributed by atoms with van der Waals surface area (Å²) in [5.41, 5.74) is 1.72. The van der Waals surface area contributed by atoms with Crippen LogP contribution in [0.15, 0.2) is 18.6 Å². The summed E-state index contributed by atoms with van der Waals surface area (Å²) < 4.78 is 5.88. The molecule has 0 amide bonds. The van der Waals surface area contributed by atoms with E-state index in [1.165, 1.54) is 6.33 Å². The van der Waals surface area contributed by atoms with E-state index in [1.54, 1.807) is 0 Å². The molecule has 0 aliphatic rings. The molecule has 0 unspecified atom stereocenters. The highest BCUT2D eigenvalue weighted by molar-refractivity contribution is 5.91. The number of allylic oxidation sites excluding steroid dienone is 1. The van der Waals surface area contributed by atoms with E-state index in [-0.39, 0.29) is 17.1 Å². The predicted octanol–water partition coefficient (Wildman–Crippen LogP) is 4.01. The van der Waals surface area contributed by atoms with E-state index in [0.29, 0.717) is 18.9 Å². The van der Waals surface area contributed by atoms with Gasteiger partial charge in [0.2, 0.25) is 5.88 Å². The number of carbonyl (C=O) groups is 1. The van der Waals surface area contributed by atoms with E-state index in [0.717, 1.165) is 16.6 Å². The number of hydrogen-bond donors (Lipinski definition) is 1. The van der Waals surface area contributed by atoms with Gasteiger partial charge in [0.05, 0.1) is 12.0 Å². The van der Waals surface area contributed by atoms with Gasteiger partial charge in [-0.2, -0.15) is 0 Å². The molecule has 0 bridgehead atoms. The molecule has 0 fully saturated rings. The quantitative estimate of drug-likeness (QED) is 0.874. The first-order valence-corrected chi connectivity index (χ1v) is 7.92. The fraction of sp³-hybridized carbons (Fsp3) is 0.500. The van der Waals surface area contributed by atoms with Crippen molar-refractivity contribution >= 4 is 22.9 Å². The molecule has 0 spiro atoms. The number of aromatic amines is 1. The van der Waals surface area contributed by atoms with Crippen molar-refractivity contribution in [3.8, 4) is 5.88 Å². The van der Waals surface area contributed by atoms with Crippen molar-refractivity contribution in [2.24, 2.45) is 11.3 Å². The molecule has 0 saturated carbocycles. The van der Waals surface area contributed by atoms with Crippen LogP contribution in [0.1, 0.15) is 46.6 Å². The van der Waals surface area contributed by atoms with Gasteiger partial charge in [-0.3, -0.25) is 4.79 Å². The molecule has 23 heavy (non-hydrogen) atoms. The molecule has 2 aromatic heterocycles. The molecule has 0 radical (unpaired) electrons. The molecular formula is C18H25N3O2. The van der Waals surface area contributed by atoms with E-state index in [2.05, 4.69) is 35.7 Å². The summed E-state index contributed by atoms with van der Waals surface area (Å²) in [7, 11) is 0. The van der Waals surface area contributed by atoms with Crippen molar-refractivity contribution < 1.29 is 9.53 Å². The maximum absolute atomic E-state index is 11.7. The van der Waals surface area contributed by atoms with Crippen LogP contribution in [0.3, 0.4) is 0 Å². The number of nitrogens with one attached hydrogen (secondary N) is 1. The summed E-state index contributed by atoms with van der Waals surface area (Å²) >= 11 is 0. The first-order chi connectivity index (χ1) is 10.8. The highest BCUT2D eigenvalue weighted by atomic mass is 16.5. The van der Waals surface area contributed by atoms with Crippen LogP contribution in [0.5, 0.6) is 5.88 Å². The smallest absolute Gasteiger partial charge is 0.226 e. The molecule has 5 nitrogen and oxygen atoms in total. The maximum Gasteiger partial charge on any atom is 0.226 e. The number of carbonyl (C=O) groups excluding carboxylic acids is 1. The molecule has 124 valence electrons. The van der Waals surface area contributed by atoms with E-state index < -0.39 is 0 Å². The van der Waals surface area contributed by atoms with Crippen LogP contribution in [-0.4, -0.2) is 27.3 Å². The lowest BCUT2D eigenvalue weighted by Gasteiger charge is -2.18. The fourth-order valence-corrected chi connectivity index (χ4v) is 2.02. The largest absolute Gasteiger partial charge is 0.477 e. The van der Waals surface area contributed by atoms with Crippen LogP contribution in [0.2, 0.25) is 0 Å². The van der Waals surface area contributed by atoms with Crippen molar-refractivity contribution in [2.45, 2.75) is 41.0 Å². The van der Waals surface area contributed by atoms with E-state index in [9.17, 15) is 4.79 Å². The summed E-state index contributed by atoms with van der Waals surface area (Å²) in [6.45, 7) is 10.7. The first kappa shape index (κ1) is 17.2. The minimum atomic E-state index is 0.0489. The fourth-order valence-electron chi connectivity index (χ4n) is 2.02. The Hall–Kier alpha value is -2.17. The van der Waals surface area contributed by atoms with Gasteiger partial charge in [-0.25, -0.2) is 9.97 Å². The average molecular weight is 315 g/mol. The molecular weight excluding hydrogens is 290 g/mol. The van der Waals surface area contributed by atoms with Gasteiger partial charge in [-0.05, 0) is 5.41 Å². The number of ketones is 1. The standard InChI is InChI=1S/C18H25N3O2/c1-12(2)14(22)8-6-7-13-9-19-16-15(13)17(21-11-20-16)23-10-18(3,4)5/h6-7,9,11-12H,8,10H2,1-5H3,(H,19,20,21)/b7-6+. The van der Waals surface area contributed by atoms with E-state index in [4.69, 9.17) is 4.74 Å². The number of hydrogen-bond acceptors (Lipinski definition) is 4. The van der Waals surface area contributed by atoms with Crippen LogP contribution >= 0.6 is 0 Å². The SMILES string of the molecule is CC(C)C(=O)C/C=C/c1c[nH]c2ncnc(OCC(C)(C)C)c12.